The van der Waals surface area contributed by atoms with Gasteiger partial charge in [-0.05, 0) is 12.5 Å². The smallest absolute Gasteiger partial charge is 0.258 e. The standard InChI is InChI=1S/C10H8N2O2/c1-8-2-4-9(5-3-8)6-10(7-11)12(13)14/h2-6H,1H3/b10-6-. The summed E-state index contributed by atoms with van der Waals surface area (Å²) in [6.45, 7) is 1.92. The lowest BCUT2D eigenvalue weighted by molar-refractivity contribution is -0.415. The number of rotatable bonds is 2. The van der Waals surface area contributed by atoms with Crippen LogP contribution in [0.3, 0.4) is 0 Å². The topological polar surface area (TPSA) is 66.9 Å². The van der Waals surface area contributed by atoms with Crippen molar-refractivity contribution in [1.29, 1.82) is 5.26 Å². The molecular formula is C10H8N2O2. The SMILES string of the molecule is Cc1ccc(/C=C(/C#N)[N+](=O)[O-])cc1. The Morgan fingerprint density at radius 1 is 1.50 bits per heavy atom. The van der Waals surface area contributed by atoms with E-state index in [1.54, 1.807) is 12.1 Å². The summed E-state index contributed by atoms with van der Waals surface area (Å²) in [5.74, 6) is 0. The molecule has 1 rings (SSSR count). The second-order valence-electron chi connectivity index (χ2n) is 2.81. The molecule has 70 valence electrons. The van der Waals surface area contributed by atoms with Gasteiger partial charge in [-0.25, -0.2) is 0 Å². The molecule has 0 aliphatic rings. The van der Waals surface area contributed by atoms with Crippen LogP contribution in [0, 0.1) is 28.4 Å². The lowest BCUT2D eigenvalue weighted by Gasteiger charge is -1.93. The van der Waals surface area contributed by atoms with Gasteiger partial charge in [0.05, 0.1) is 4.92 Å². The van der Waals surface area contributed by atoms with E-state index in [1.165, 1.54) is 12.1 Å². The van der Waals surface area contributed by atoms with Crippen molar-refractivity contribution in [3.8, 4) is 6.07 Å². The Morgan fingerprint density at radius 2 is 2.07 bits per heavy atom. The number of nitriles is 1. The molecule has 0 saturated carbocycles. The summed E-state index contributed by atoms with van der Waals surface area (Å²) in [7, 11) is 0. The van der Waals surface area contributed by atoms with E-state index < -0.39 is 10.6 Å². The third-order valence-corrected chi connectivity index (χ3v) is 1.69. The summed E-state index contributed by atoms with van der Waals surface area (Å²) in [4.78, 5) is 9.62. The van der Waals surface area contributed by atoms with Gasteiger partial charge in [-0.2, -0.15) is 5.26 Å². The maximum absolute atomic E-state index is 10.3. The first-order chi connectivity index (χ1) is 6.63. The zero-order valence-corrected chi connectivity index (χ0v) is 7.60. The minimum atomic E-state index is -0.695. The van der Waals surface area contributed by atoms with Crippen LogP contribution in [0.5, 0.6) is 0 Å². The van der Waals surface area contributed by atoms with Crippen molar-refractivity contribution < 1.29 is 4.92 Å². The lowest BCUT2D eigenvalue weighted by atomic mass is 10.1. The molecule has 0 atom stereocenters. The largest absolute Gasteiger partial charge is 0.346 e. The summed E-state index contributed by atoms with van der Waals surface area (Å²) in [6, 6.07) is 8.66. The molecule has 0 aliphatic carbocycles. The molecule has 4 heteroatoms. The fourth-order valence-electron chi connectivity index (χ4n) is 0.946. The Morgan fingerprint density at radius 3 is 2.50 bits per heavy atom. The highest BCUT2D eigenvalue weighted by Gasteiger charge is 2.07. The summed E-state index contributed by atoms with van der Waals surface area (Å²) < 4.78 is 0. The molecule has 1 aromatic carbocycles. The van der Waals surface area contributed by atoms with Crippen molar-refractivity contribution in [1.82, 2.24) is 0 Å². The van der Waals surface area contributed by atoms with Crippen LogP contribution in [-0.2, 0) is 0 Å². The number of hydrogen-bond donors (Lipinski definition) is 0. The van der Waals surface area contributed by atoms with Crippen molar-refractivity contribution in [2.45, 2.75) is 6.92 Å². The van der Waals surface area contributed by atoms with E-state index in [1.807, 2.05) is 19.1 Å². The monoisotopic (exact) mass is 188 g/mol. The molecule has 0 spiro atoms. The molecule has 0 radical (unpaired) electrons. The van der Waals surface area contributed by atoms with Crippen LogP contribution in [0.25, 0.3) is 6.08 Å². The molecule has 0 bridgehead atoms. The van der Waals surface area contributed by atoms with E-state index >= 15 is 0 Å². The van der Waals surface area contributed by atoms with Crippen LogP contribution in [0.15, 0.2) is 30.0 Å². The van der Waals surface area contributed by atoms with Gasteiger partial charge in [-0.1, -0.05) is 29.8 Å². The van der Waals surface area contributed by atoms with E-state index in [9.17, 15) is 10.1 Å². The summed E-state index contributed by atoms with van der Waals surface area (Å²) in [6.07, 6.45) is 1.25. The fraction of sp³-hybridized carbons (Fsp3) is 0.100. The Labute approximate surface area is 81.2 Å². The number of aryl methyl sites for hydroxylation is 1. The maximum Gasteiger partial charge on any atom is 0.346 e. The molecule has 14 heavy (non-hydrogen) atoms. The molecule has 1 aromatic rings. The predicted octanol–water partition coefficient (Wildman–Crippen LogP) is 2.14. The molecule has 0 heterocycles. The molecular weight excluding hydrogens is 180 g/mol. The minimum absolute atomic E-state index is 0.450. The average Bonchev–Trinajstić information content (AvgIpc) is 2.16. The molecule has 0 N–H and O–H groups in total. The van der Waals surface area contributed by atoms with Crippen molar-refractivity contribution >= 4 is 6.08 Å². The molecule has 0 fully saturated rings. The van der Waals surface area contributed by atoms with Crippen molar-refractivity contribution in [2.75, 3.05) is 0 Å². The van der Waals surface area contributed by atoms with Gasteiger partial charge in [-0.3, -0.25) is 10.1 Å². The highest BCUT2D eigenvalue weighted by atomic mass is 16.6. The number of nitrogens with zero attached hydrogens (tertiary/aromatic N) is 2. The zero-order valence-electron chi connectivity index (χ0n) is 7.60. The average molecular weight is 188 g/mol. The Bertz CT molecular complexity index is 413. The number of benzene rings is 1. The van der Waals surface area contributed by atoms with E-state index in [0.29, 0.717) is 5.56 Å². The van der Waals surface area contributed by atoms with Gasteiger partial charge in [0.1, 0.15) is 0 Å². The first kappa shape index (κ1) is 9.93. The Balaban J connectivity index is 3.03. The fourth-order valence-corrected chi connectivity index (χ4v) is 0.946. The van der Waals surface area contributed by atoms with Gasteiger partial charge >= 0.3 is 5.70 Å². The maximum atomic E-state index is 10.3. The quantitative estimate of drug-likeness (QED) is 0.405. The van der Waals surface area contributed by atoms with E-state index in [2.05, 4.69) is 0 Å². The van der Waals surface area contributed by atoms with E-state index in [4.69, 9.17) is 5.26 Å². The second kappa shape index (κ2) is 4.19. The predicted molar refractivity (Wildman–Crippen MR) is 51.8 cm³/mol. The van der Waals surface area contributed by atoms with Crippen molar-refractivity contribution in [3.05, 3.63) is 51.2 Å². The second-order valence-corrected chi connectivity index (χ2v) is 2.81. The molecule has 0 unspecified atom stereocenters. The summed E-state index contributed by atoms with van der Waals surface area (Å²) in [5.41, 5.74) is 1.28. The van der Waals surface area contributed by atoms with Gasteiger partial charge in [-0.15, -0.1) is 0 Å². The van der Waals surface area contributed by atoms with Gasteiger partial charge < -0.3 is 0 Å². The van der Waals surface area contributed by atoms with Crippen LogP contribution >= 0.6 is 0 Å². The van der Waals surface area contributed by atoms with Gasteiger partial charge in [0.25, 0.3) is 0 Å². The first-order valence-electron chi connectivity index (χ1n) is 3.96. The summed E-state index contributed by atoms with van der Waals surface area (Å²) >= 11 is 0. The highest BCUT2D eigenvalue weighted by molar-refractivity contribution is 5.54. The van der Waals surface area contributed by atoms with Gasteiger partial charge in [0.15, 0.2) is 6.07 Å². The lowest BCUT2D eigenvalue weighted by Crippen LogP contribution is -1.94. The first-order valence-corrected chi connectivity index (χ1v) is 3.96. The Hall–Kier alpha value is -2.15. The Kier molecular flexibility index (Phi) is 2.97. The molecule has 0 amide bonds. The minimum Gasteiger partial charge on any atom is -0.258 e. The normalized spacial score (nSPS) is 10.7. The summed E-state index contributed by atoms with van der Waals surface area (Å²) in [5, 5.41) is 18.8. The van der Waals surface area contributed by atoms with E-state index in [-0.39, 0.29) is 0 Å². The third kappa shape index (κ3) is 2.42. The molecule has 4 nitrogen and oxygen atoms in total. The molecule has 0 aromatic heterocycles. The van der Waals surface area contributed by atoms with E-state index in [0.717, 1.165) is 5.56 Å². The van der Waals surface area contributed by atoms with Crippen LogP contribution < -0.4 is 0 Å². The number of allylic oxidation sites excluding steroid dienone is 1. The third-order valence-electron chi connectivity index (χ3n) is 1.69. The number of hydrogen-bond acceptors (Lipinski definition) is 3. The van der Waals surface area contributed by atoms with Crippen LogP contribution in [0.2, 0.25) is 0 Å². The van der Waals surface area contributed by atoms with Gasteiger partial charge in [0.2, 0.25) is 0 Å². The highest BCUT2D eigenvalue weighted by Crippen LogP contribution is 2.08. The van der Waals surface area contributed by atoms with Crippen molar-refractivity contribution in [2.24, 2.45) is 0 Å². The van der Waals surface area contributed by atoms with Crippen LogP contribution in [0.1, 0.15) is 11.1 Å². The zero-order chi connectivity index (χ0) is 10.6. The van der Waals surface area contributed by atoms with Crippen LogP contribution in [-0.4, -0.2) is 4.92 Å². The van der Waals surface area contributed by atoms with Gasteiger partial charge in [0, 0.05) is 6.08 Å². The molecule has 0 saturated heterocycles. The van der Waals surface area contributed by atoms with Crippen molar-refractivity contribution in [3.63, 3.8) is 0 Å². The molecule has 0 aliphatic heterocycles. The van der Waals surface area contributed by atoms with Crippen LogP contribution in [0.4, 0.5) is 0 Å². The number of nitro groups is 1.